The zero-order valence-corrected chi connectivity index (χ0v) is 17.5. The van der Waals surface area contributed by atoms with Gasteiger partial charge in [-0.25, -0.2) is 19.3 Å². The van der Waals surface area contributed by atoms with Crippen molar-refractivity contribution in [2.24, 2.45) is 5.92 Å². The molecule has 150 valence electrons. The van der Waals surface area contributed by atoms with Crippen molar-refractivity contribution in [3.05, 3.63) is 29.8 Å². The maximum atomic E-state index is 13.1. The molecule has 3 heterocycles. The standard InChI is InChI=1S/C18H23FN6OS2/c1-9(2)6-12(8-26)22-15-14-16(23-17(20)28-14)25-18(24-15)27-10(3)13-5-4-11(19)7-21-13/h4-5,7,9-10,12,26H,6,8H2,1-3H3,(H3,20,22,23,24,25). The van der Waals surface area contributed by atoms with Crippen LogP contribution in [0.1, 0.15) is 38.1 Å². The number of nitrogen functional groups attached to an aromatic ring is 1. The third kappa shape index (κ3) is 5.06. The summed E-state index contributed by atoms with van der Waals surface area (Å²) in [6, 6.07) is 2.90. The Bertz CT molecular complexity index is 934. The minimum atomic E-state index is -0.372. The van der Waals surface area contributed by atoms with E-state index in [0.29, 0.717) is 27.7 Å². The molecule has 0 saturated heterocycles. The molecule has 2 atom stereocenters. The number of thioether (sulfide) groups is 1. The molecule has 0 aliphatic carbocycles. The van der Waals surface area contributed by atoms with E-state index in [9.17, 15) is 9.50 Å². The molecule has 0 amide bonds. The van der Waals surface area contributed by atoms with Crippen LogP contribution >= 0.6 is 23.1 Å². The first-order valence-corrected chi connectivity index (χ1v) is 10.6. The van der Waals surface area contributed by atoms with Gasteiger partial charge in [-0.05, 0) is 31.4 Å². The Balaban J connectivity index is 1.89. The van der Waals surface area contributed by atoms with Crippen LogP contribution in [0.4, 0.5) is 15.3 Å². The lowest BCUT2D eigenvalue weighted by Crippen LogP contribution is -2.26. The Morgan fingerprint density at radius 2 is 2.04 bits per heavy atom. The fourth-order valence-electron chi connectivity index (χ4n) is 2.76. The van der Waals surface area contributed by atoms with Crippen molar-refractivity contribution in [1.82, 2.24) is 19.9 Å². The second kappa shape index (κ2) is 8.97. The molecule has 0 aromatic carbocycles. The van der Waals surface area contributed by atoms with E-state index in [2.05, 4.69) is 39.1 Å². The van der Waals surface area contributed by atoms with Gasteiger partial charge in [-0.15, -0.1) is 0 Å². The highest BCUT2D eigenvalue weighted by atomic mass is 32.2. The summed E-state index contributed by atoms with van der Waals surface area (Å²) >= 11 is 2.71. The number of pyridine rings is 1. The summed E-state index contributed by atoms with van der Waals surface area (Å²) in [4.78, 5) is 17.5. The third-order valence-electron chi connectivity index (χ3n) is 4.02. The van der Waals surface area contributed by atoms with E-state index in [-0.39, 0.29) is 23.7 Å². The first-order valence-electron chi connectivity index (χ1n) is 8.95. The molecule has 3 aromatic heterocycles. The van der Waals surface area contributed by atoms with Gasteiger partial charge < -0.3 is 16.2 Å². The molecule has 3 aromatic rings. The van der Waals surface area contributed by atoms with Crippen LogP contribution in [0, 0.1) is 11.7 Å². The molecule has 0 aliphatic rings. The molecule has 0 spiro atoms. The van der Waals surface area contributed by atoms with Crippen molar-refractivity contribution < 1.29 is 9.50 Å². The molecule has 0 radical (unpaired) electrons. The summed E-state index contributed by atoms with van der Waals surface area (Å²) < 4.78 is 13.9. The smallest absolute Gasteiger partial charge is 0.192 e. The zero-order chi connectivity index (χ0) is 20.3. The van der Waals surface area contributed by atoms with Gasteiger partial charge in [-0.1, -0.05) is 36.9 Å². The SMILES string of the molecule is CC(C)CC(CO)Nc1nc(SC(C)c2ccc(F)cn2)nc2nc(N)sc12. The Morgan fingerprint density at radius 1 is 1.25 bits per heavy atom. The lowest BCUT2D eigenvalue weighted by Gasteiger charge is -2.19. The lowest BCUT2D eigenvalue weighted by atomic mass is 10.0. The van der Waals surface area contributed by atoms with E-state index in [1.54, 1.807) is 6.07 Å². The molecule has 10 heteroatoms. The van der Waals surface area contributed by atoms with Crippen molar-refractivity contribution in [3.63, 3.8) is 0 Å². The number of nitrogens with two attached hydrogens (primary N) is 1. The quantitative estimate of drug-likeness (QED) is 0.371. The number of fused-ring (bicyclic) bond motifs is 1. The van der Waals surface area contributed by atoms with Gasteiger partial charge >= 0.3 is 0 Å². The number of aromatic nitrogens is 4. The number of hydrogen-bond donors (Lipinski definition) is 3. The Kier molecular flexibility index (Phi) is 6.63. The van der Waals surface area contributed by atoms with Crippen LogP contribution in [0.25, 0.3) is 10.3 Å². The Labute approximate surface area is 171 Å². The maximum Gasteiger partial charge on any atom is 0.192 e. The van der Waals surface area contributed by atoms with E-state index in [4.69, 9.17) is 5.73 Å². The highest BCUT2D eigenvalue weighted by molar-refractivity contribution is 7.99. The Hall–Kier alpha value is -2.04. The van der Waals surface area contributed by atoms with E-state index in [1.165, 1.54) is 35.4 Å². The highest BCUT2D eigenvalue weighted by Crippen LogP contribution is 2.36. The lowest BCUT2D eigenvalue weighted by molar-refractivity contribution is 0.259. The number of rotatable bonds is 8. The van der Waals surface area contributed by atoms with Crippen LogP contribution in [0.3, 0.4) is 0 Å². The first-order chi connectivity index (χ1) is 13.4. The molecular formula is C18H23FN6OS2. The molecule has 7 nitrogen and oxygen atoms in total. The summed E-state index contributed by atoms with van der Waals surface area (Å²) in [6.45, 7) is 6.15. The van der Waals surface area contributed by atoms with E-state index >= 15 is 0 Å². The predicted octanol–water partition coefficient (Wildman–Crippen LogP) is 3.87. The summed E-state index contributed by atoms with van der Waals surface area (Å²) in [5, 5.41) is 13.9. The van der Waals surface area contributed by atoms with E-state index < -0.39 is 0 Å². The molecule has 28 heavy (non-hydrogen) atoms. The van der Waals surface area contributed by atoms with Gasteiger partial charge in [0.15, 0.2) is 21.8 Å². The minimum absolute atomic E-state index is 0.00363. The molecule has 0 saturated carbocycles. The van der Waals surface area contributed by atoms with Gasteiger partial charge in [0.05, 0.1) is 29.8 Å². The van der Waals surface area contributed by atoms with Gasteiger partial charge in [0, 0.05) is 0 Å². The summed E-state index contributed by atoms with van der Waals surface area (Å²) in [5.41, 5.74) is 7.12. The zero-order valence-electron chi connectivity index (χ0n) is 15.9. The van der Waals surface area contributed by atoms with Gasteiger partial charge in [-0.2, -0.15) is 0 Å². The topological polar surface area (TPSA) is 110 Å². The van der Waals surface area contributed by atoms with Crippen LogP contribution in [0.15, 0.2) is 23.5 Å². The highest BCUT2D eigenvalue weighted by Gasteiger charge is 2.19. The fourth-order valence-corrected chi connectivity index (χ4v) is 4.34. The van der Waals surface area contributed by atoms with Gasteiger partial charge in [0.2, 0.25) is 0 Å². The molecule has 4 N–H and O–H groups in total. The number of thiazole rings is 1. The number of nitrogens with zero attached hydrogens (tertiary/aromatic N) is 4. The number of aliphatic hydroxyl groups is 1. The maximum absolute atomic E-state index is 13.1. The third-order valence-corrected chi connectivity index (χ3v) is 5.88. The summed E-state index contributed by atoms with van der Waals surface area (Å²) in [6.07, 6.45) is 2.00. The van der Waals surface area contributed by atoms with Crippen molar-refractivity contribution in [2.45, 2.75) is 43.6 Å². The first kappa shape index (κ1) is 20.7. The van der Waals surface area contributed by atoms with E-state index in [1.807, 2.05) is 6.92 Å². The molecule has 0 aliphatic heterocycles. The molecule has 0 bridgehead atoms. The average Bonchev–Trinajstić information content (AvgIpc) is 3.01. The molecule has 2 unspecified atom stereocenters. The Morgan fingerprint density at radius 3 is 2.68 bits per heavy atom. The van der Waals surface area contributed by atoms with Crippen LogP contribution in [-0.2, 0) is 0 Å². The van der Waals surface area contributed by atoms with Gasteiger partial charge in [0.1, 0.15) is 10.5 Å². The van der Waals surface area contributed by atoms with Crippen molar-refractivity contribution in [3.8, 4) is 0 Å². The number of nitrogens with one attached hydrogen (secondary N) is 1. The van der Waals surface area contributed by atoms with Gasteiger partial charge in [0.25, 0.3) is 0 Å². The van der Waals surface area contributed by atoms with Crippen molar-refractivity contribution in [1.29, 1.82) is 0 Å². The van der Waals surface area contributed by atoms with Crippen molar-refractivity contribution >= 4 is 44.4 Å². The normalized spacial score (nSPS) is 13.8. The number of anilines is 2. The van der Waals surface area contributed by atoms with Gasteiger partial charge in [-0.3, -0.25) is 4.98 Å². The van der Waals surface area contributed by atoms with Crippen molar-refractivity contribution in [2.75, 3.05) is 17.7 Å². The number of aliphatic hydroxyl groups excluding tert-OH is 1. The summed E-state index contributed by atoms with van der Waals surface area (Å²) in [5.74, 6) is 0.663. The van der Waals surface area contributed by atoms with Crippen LogP contribution in [-0.4, -0.2) is 37.7 Å². The van der Waals surface area contributed by atoms with Crippen LogP contribution < -0.4 is 11.1 Å². The second-order valence-corrected chi connectivity index (χ2v) is 9.21. The molecule has 3 rings (SSSR count). The van der Waals surface area contributed by atoms with Crippen LogP contribution in [0.5, 0.6) is 0 Å². The monoisotopic (exact) mass is 422 g/mol. The van der Waals surface area contributed by atoms with E-state index in [0.717, 1.165) is 16.8 Å². The largest absolute Gasteiger partial charge is 0.394 e. The van der Waals surface area contributed by atoms with Crippen LogP contribution in [0.2, 0.25) is 0 Å². The number of hydrogen-bond acceptors (Lipinski definition) is 9. The average molecular weight is 423 g/mol. The second-order valence-electron chi connectivity index (χ2n) is 6.87. The predicted molar refractivity (Wildman–Crippen MR) is 112 cm³/mol. The molecular weight excluding hydrogens is 399 g/mol. The molecule has 0 fully saturated rings. The fraction of sp³-hybridized carbons (Fsp3) is 0.444. The number of halogens is 1. The summed E-state index contributed by atoms with van der Waals surface area (Å²) in [7, 11) is 0. The minimum Gasteiger partial charge on any atom is -0.394 e.